The highest BCUT2D eigenvalue weighted by Gasteiger charge is 2.30. The van der Waals surface area contributed by atoms with E-state index in [0.717, 1.165) is 37.2 Å². The van der Waals surface area contributed by atoms with E-state index < -0.39 is 0 Å². The van der Waals surface area contributed by atoms with E-state index in [1.165, 1.54) is 18.6 Å². The summed E-state index contributed by atoms with van der Waals surface area (Å²) in [5.74, 6) is 4.26. The van der Waals surface area contributed by atoms with Gasteiger partial charge in [-0.1, -0.05) is 0 Å². The monoisotopic (exact) mass is 266 g/mol. The Kier molecular flexibility index (Phi) is 3.04. The highest BCUT2D eigenvalue weighted by Crippen LogP contribution is 2.34. The number of nitrogens with zero attached hydrogens (tertiary/aromatic N) is 4. The molecule has 1 saturated heterocycles. The second kappa shape index (κ2) is 4.44. The van der Waals surface area contributed by atoms with Crippen molar-refractivity contribution in [3.63, 3.8) is 0 Å². The average molecular weight is 266 g/mol. The van der Waals surface area contributed by atoms with Gasteiger partial charge >= 0.3 is 0 Å². The lowest BCUT2D eigenvalue weighted by Crippen LogP contribution is -2.44. The van der Waals surface area contributed by atoms with E-state index in [9.17, 15) is 0 Å². The molecule has 100 valence electrons. The van der Waals surface area contributed by atoms with Gasteiger partial charge in [0.05, 0.1) is 0 Å². The van der Waals surface area contributed by atoms with E-state index in [1.54, 1.807) is 0 Å². The lowest BCUT2D eigenvalue weighted by Gasteiger charge is -2.37. The molecule has 5 heteroatoms. The van der Waals surface area contributed by atoms with Crippen molar-refractivity contribution in [3.8, 4) is 0 Å². The van der Waals surface area contributed by atoms with E-state index in [1.807, 2.05) is 0 Å². The van der Waals surface area contributed by atoms with Crippen molar-refractivity contribution in [3.05, 3.63) is 5.82 Å². The summed E-state index contributed by atoms with van der Waals surface area (Å²) < 4.78 is 2.52. The zero-order valence-corrected chi connectivity index (χ0v) is 12.3. The van der Waals surface area contributed by atoms with Gasteiger partial charge in [-0.05, 0) is 32.6 Å². The van der Waals surface area contributed by atoms with Crippen molar-refractivity contribution < 1.29 is 0 Å². The van der Waals surface area contributed by atoms with Crippen LogP contribution in [-0.4, -0.2) is 38.4 Å². The molecule has 1 aromatic rings. The minimum atomic E-state index is 0.320. The zero-order chi connectivity index (χ0) is 12.8. The number of hydrogen-bond acceptors (Lipinski definition) is 4. The molecular formula is C13H22N4S. The molecule has 1 aliphatic heterocycles. The summed E-state index contributed by atoms with van der Waals surface area (Å²) in [5, 5.41) is 8.80. The highest BCUT2D eigenvalue weighted by molar-refractivity contribution is 8.00. The summed E-state index contributed by atoms with van der Waals surface area (Å²) >= 11 is 2.05. The number of hydrogen-bond donors (Lipinski definition) is 0. The maximum Gasteiger partial charge on any atom is 0.227 e. The third-order valence-electron chi connectivity index (χ3n) is 3.82. The Morgan fingerprint density at radius 1 is 1.33 bits per heavy atom. The second-order valence-electron chi connectivity index (χ2n) is 6.15. The smallest absolute Gasteiger partial charge is 0.227 e. The van der Waals surface area contributed by atoms with Crippen LogP contribution in [0.4, 0.5) is 5.95 Å². The summed E-state index contributed by atoms with van der Waals surface area (Å²) in [6.07, 6.45) is 3.85. The van der Waals surface area contributed by atoms with Crippen molar-refractivity contribution >= 4 is 17.7 Å². The maximum atomic E-state index is 4.42. The van der Waals surface area contributed by atoms with Crippen LogP contribution >= 0.6 is 11.8 Å². The molecule has 2 heterocycles. The van der Waals surface area contributed by atoms with E-state index in [4.69, 9.17) is 0 Å². The molecule has 0 radical (unpaired) electrons. The Morgan fingerprint density at radius 2 is 2.11 bits per heavy atom. The number of anilines is 1. The largest absolute Gasteiger partial charge is 0.339 e. The summed E-state index contributed by atoms with van der Waals surface area (Å²) in [6.45, 7) is 6.77. The van der Waals surface area contributed by atoms with Crippen LogP contribution in [0.5, 0.6) is 0 Å². The van der Waals surface area contributed by atoms with Gasteiger partial charge in [-0.15, -0.1) is 10.2 Å². The highest BCUT2D eigenvalue weighted by atomic mass is 32.2. The summed E-state index contributed by atoms with van der Waals surface area (Å²) in [4.78, 5) is 2.39. The molecule has 0 bridgehead atoms. The molecule has 1 saturated carbocycles. The lowest BCUT2D eigenvalue weighted by atomic mass is 10.2. The number of rotatable bonds is 3. The first-order chi connectivity index (χ1) is 8.55. The van der Waals surface area contributed by atoms with E-state index >= 15 is 0 Å². The fraction of sp³-hybridized carbons (Fsp3) is 0.846. The van der Waals surface area contributed by atoms with Crippen LogP contribution in [0.1, 0.15) is 32.5 Å². The molecule has 0 unspecified atom stereocenters. The van der Waals surface area contributed by atoms with Gasteiger partial charge in [-0.3, -0.25) is 0 Å². The molecule has 0 aromatic carbocycles. The van der Waals surface area contributed by atoms with Gasteiger partial charge in [0.1, 0.15) is 5.82 Å². The molecular weight excluding hydrogens is 244 g/mol. The molecule has 1 aliphatic carbocycles. The van der Waals surface area contributed by atoms with E-state index in [0.29, 0.717) is 4.75 Å². The molecule has 0 N–H and O–H groups in total. The van der Waals surface area contributed by atoms with Crippen LogP contribution in [0.25, 0.3) is 0 Å². The molecule has 0 atom stereocenters. The van der Waals surface area contributed by atoms with E-state index in [2.05, 4.69) is 52.3 Å². The van der Waals surface area contributed by atoms with Crippen LogP contribution in [0.15, 0.2) is 0 Å². The van der Waals surface area contributed by atoms with Crippen molar-refractivity contribution in [1.29, 1.82) is 0 Å². The van der Waals surface area contributed by atoms with Crippen molar-refractivity contribution in [2.45, 2.75) is 37.9 Å². The first-order valence-electron chi connectivity index (χ1n) is 6.82. The fourth-order valence-electron chi connectivity index (χ4n) is 2.57. The third-order valence-corrected chi connectivity index (χ3v) is 5.12. The summed E-state index contributed by atoms with van der Waals surface area (Å²) in [6, 6.07) is 0. The standard InChI is InChI=1S/C13H22N4S/c1-13(2)9-17(6-7-18-13)12-15-14-11(16(12)3)8-10-4-5-10/h10H,4-9H2,1-3H3. The van der Waals surface area contributed by atoms with Gasteiger partial charge < -0.3 is 9.47 Å². The summed E-state index contributed by atoms with van der Waals surface area (Å²) in [5.41, 5.74) is 0. The Bertz CT molecular complexity index is 436. The molecule has 0 spiro atoms. The first kappa shape index (κ1) is 12.3. The van der Waals surface area contributed by atoms with Crippen molar-refractivity contribution in [2.75, 3.05) is 23.7 Å². The van der Waals surface area contributed by atoms with Crippen LogP contribution in [-0.2, 0) is 13.5 Å². The van der Waals surface area contributed by atoms with E-state index in [-0.39, 0.29) is 0 Å². The number of thioether (sulfide) groups is 1. The van der Waals surface area contributed by atoms with Crippen molar-refractivity contribution in [1.82, 2.24) is 14.8 Å². The van der Waals surface area contributed by atoms with Gasteiger partial charge in [-0.2, -0.15) is 11.8 Å². The van der Waals surface area contributed by atoms with Crippen LogP contribution in [0.2, 0.25) is 0 Å². The predicted octanol–water partition coefficient (Wildman–Crippen LogP) is 2.10. The van der Waals surface area contributed by atoms with Crippen LogP contribution in [0.3, 0.4) is 0 Å². The Morgan fingerprint density at radius 3 is 2.78 bits per heavy atom. The van der Waals surface area contributed by atoms with Gasteiger partial charge in [0.15, 0.2) is 0 Å². The SMILES string of the molecule is Cn1c(CC2CC2)nnc1N1CCSC(C)(C)C1. The lowest BCUT2D eigenvalue weighted by molar-refractivity contribution is 0.621. The Labute approximate surface area is 113 Å². The predicted molar refractivity (Wildman–Crippen MR) is 76.2 cm³/mol. The van der Waals surface area contributed by atoms with Gasteiger partial charge in [-0.25, -0.2) is 0 Å². The molecule has 18 heavy (non-hydrogen) atoms. The van der Waals surface area contributed by atoms with Crippen LogP contribution < -0.4 is 4.90 Å². The Balaban J connectivity index is 1.76. The van der Waals surface area contributed by atoms with Gasteiger partial charge in [0, 0.05) is 37.1 Å². The zero-order valence-electron chi connectivity index (χ0n) is 11.5. The molecule has 4 nitrogen and oxygen atoms in total. The molecule has 2 fully saturated rings. The quantitative estimate of drug-likeness (QED) is 0.839. The third kappa shape index (κ3) is 2.51. The number of aromatic nitrogens is 3. The molecule has 3 rings (SSSR count). The fourth-order valence-corrected chi connectivity index (χ4v) is 3.68. The second-order valence-corrected chi connectivity index (χ2v) is 7.95. The molecule has 2 aliphatic rings. The van der Waals surface area contributed by atoms with Gasteiger partial charge in [0.2, 0.25) is 5.95 Å². The first-order valence-corrected chi connectivity index (χ1v) is 7.81. The van der Waals surface area contributed by atoms with Gasteiger partial charge in [0.25, 0.3) is 0 Å². The maximum absolute atomic E-state index is 4.42. The topological polar surface area (TPSA) is 34.0 Å². The minimum Gasteiger partial charge on any atom is -0.339 e. The molecule has 1 aromatic heterocycles. The van der Waals surface area contributed by atoms with Crippen molar-refractivity contribution in [2.24, 2.45) is 13.0 Å². The summed E-state index contributed by atoms with van der Waals surface area (Å²) in [7, 11) is 2.11. The molecule has 0 amide bonds. The van der Waals surface area contributed by atoms with Crippen LogP contribution in [0, 0.1) is 5.92 Å². The minimum absolute atomic E-state index is 0.320. The Hall–Kier alpha value is -0.710. The normalized spacial score (nSPS) is 23.4. The average Bonchev–Trinajstić information content (AvgIpc) is 3.03.